The smallest absolute Gasteiger partial charge is 0.410 e. The molecule has 1 heterocycles. The number of hydrogen-bond donors (Lipinski definition) is 1. The minimum Gasteiger partial charge on any atom is -0.464 e. The Kier molecular flexibility index (Phi) is 6.82. The average Bonchev–Trinajstić information content (AvgIpc) is 3.58. The molecular weight excluding hydrogens is 430 g/mol. The van der Waals surface area contributed by atoms with E-state index in [-0.39, 0.29) is 23.2 Å². The van der Waals surface area contributed by atoms with E-state index in [0.29, 0.717) is 24.8 Å². The van der Waals surface area contributed by atoms with Crippen molar-refractivity contribution >= 4 is 17.9 Å². The summed E-state index contributed by atoms with van der Waals surface area (Å²) in [7, 11) is 1.35. The summed E-state index contributed by atoms with van der Waals surface area (Å²) in [6.45, 7) is 7.04. The second-order valence-electron chi connectivity index (χ2n) is 10.5. The van der Waals surface area contributed by atoms with Gasteiger partial charge in [0, 0.05) is 30.5 Å². The molecule has 182 valence electrons. The number of esters is 1. The summed E-state index contributed by atoms with van der Waals surface area (Å²) in [5, 5.41) is 3.40. The molecule has 1 unspecified atom stereocenters. The quantitative estimate of drug-likeness (QED) is 0.537. The number of methoxy groups -OCH3 is 1. The van der Waals surface area contributed by atoms with E-state index in [1.807, 2.05) is 37.8 Å². The maximum Gasteiger partial charge on any atom is 0.410 e. The summed E-state index contributed by atoms with van der Waals surface area (Å²) in [5.41, 5.74) is 0.944. The van der Waals surface area contributed by atoms with Gasteiger partial charge in [-0.2, -0.15) is 0 Å². The van der Waals surface area contributed by atoms with Crippen LogP contribution in [0.2, 0.25) is 0 Å². The lowest BCUT2D eigenvalue weighted by Gasteiger charge is -2.45. The highest BCUT2D eigenvalue weighted by atomic mass is 16.6. The molecule has 4 rings (SSSR count). The monoisotopic (exact) mass is 465 g/mol. The van der Waals surface area contributed by atoms with Crippen molar-refractivity contribution in [1.29, 1.82) is 0 Å². The Hall–Kier alpha value is -3.09. The molecule has 1 aromatic heterocycles. The van der Waals surface area contributed by atoms with Gasteiger partial charge >= 0.3 is 12.1 Å². The first-order chi connectivity index (χ1) is 16.2. The summed E-state index contributed by atoms with van der Waals surface area (Å²) in [6, 6.07) is 15.8. The fraction of sp³-hybridized carbons (Fsp3) is 0.519. The molecule has 0 spiro atoms. The number of rotatable bonds is 8. The maximum atomic E-state index is 13.3. The predicted molar refractivity (Wildman–Crippen MR) is 131 cm³/mol. The first kappa shape index (κ1) is 24.0. The first-order valence-corrected chi connectivity index (χ1v) is 12.0. The van der Waals surface area contributed by atoms with E-state index in [1.54, 1.807) is 12.1 Å². The van der Waals surface area contributed by atoms with Crippen LogP contribution >= 0.6 is 0 Å². The van der Waals surface area contributed by atoms with Gasteiger partial charge in [0.25, 0.3) is 0 Å². The Balaban J connectivity index is 1.48. The Labute approximate surface area is 201 Å². The molecule has 0 saturated heterocycles. The molecule has 2 aromatic rings. The zero-order valence-corrected chi connectivity index (χ0v) is 20.5. The lowest BCUT2D eigenvalue weighted by atomic mass is 9.68. The third-order valence-electron chi connectivity index (χ3n) is 6.72. The highest BCUT2D eigenvalue weighted by Crippen LogP contribution is 2.49. The van der Waals surface area contributed by atoms with Crippen molar-refractivity contribution in [3.63, 3.8) is 0 Å². The van der Waals surface area contributed by atoms with Crippen molar-refractivity contribution in [3.05, 3.63) is 59.8 Å². The molecule has 0 bridgehead atoms. The van der Waals surface area contributed by atoms with Crippen LogP contribution in [0.25, 0.3) is 0 Å². The van der Waals surface area contributed by atoms with Gasteiger partial charge in [0.15, 0.2) is 5.69 Å². The van der Waals surface area contributed by atoms with Crippen LogP contribution in [0.3, 0.4) is 0 Å². The van der Waals surface area contributed by atoms with Crippen molar-refractivity contribution in [1.82, 2.24) is 9.88 Å². The van der Waals surface area contributed by atoms with E-state index in [2.05, 4.69) is 34.6 Å². The lowest BCUT2D eigenvalue weighted by Crippen LogP contribution is -2.50. The molecule has 2 saturated carbocycles. The van der Waals surface area contributed by atoms with Crippen molar-refractivity contribution < 1.29 is 19.1 Å². The highest BCUT2D eigenvalue weighted by Gasteiger charge is 2.50. The van der Waals surface area contributed by atoms with Crippen LogP contribution in [0.4, 0.5) is 10.6 Å². The molecule has 2 aliphatic carbocycles. The molecule has 0 aliphatic heterocycles. The number of carbonyl (C=O) groups excluding carboxylic acids is 2. The number of benzene rings is 1. The summed E-state index contributed by atoms with van der Waals surface area (Å²) < 4.78 is 10.6. The SMILES string of the molecule is COC(=O)c1cccc(NCC2(CN(C(=O)OC(C)(C)C)[C@H]3CC3c3ccccc3)CCC2)n1. The number of carbonyl (C=O) groups is 2. The minimum absolute atomic E-state index is 0.0519. The standard InChI is InChI=1S/C27H35N3O4/c1-26(2,3)34-25(32)30(22-16-20(22)19-10-6-5-7-11-19)18-27(14-9-15-27)17-28-23-13-8-12-21(29-23)24(31)33-4/h5-8,10-13,20,22H,9,14-18H2,1-4H3,(H,28,29)/t20?,22-/m0/s1. The third kappa shape index (κ3) is 5.69. The molecular formula is C27H35N3O4. The van der Waals surface area contributed by atoms with Crippen molar-refractivity contribution in [2.24, 2.45) is 5.41 Å². The van der Waals surface area contributed by atoms with Crippen molar-refractivity contribution in [2.45, 2.75) is 64.0 Å². The summed E-state index contributed by atoms with van der Waals surface area (Å²) >= 11 is 0. The Morgan fingerprint density at radius 2 is 1.85 bits per heavy atom. The molecule has 7 heteroatoms. The number of hydrogen-bond acceptors (Lipinski definition) is 6. The molecule has 34 heavy (non-hydrogen) atoms. The van der Waals surface area contributed by atoms with Gasteiger partial charge in [0.2, 0.25) is 0 Å². The number of amides is 1. The Morgan fingerprint density at radius 1 is 1.12 bits per heavy atom. The van der Waals surface area contributed by atoms with Gasteiger partial charge in [0.05, 0.1) is 7.11 Å². The van der Waals surface area contributed by atoms with Gasteiger partial charge in [-0.1, -0.05) is 42.8 Å². The largest absolute Gasteiger partial charge is 0.464 e. The number of ether oxygens (including phenoxy) is 2. The van der Waals surface area contributed by atoms with E-state index in [4.69, 9.17) is 9.47 Å². The van der Waals surface area contributed by atoms with Crippen LogP contribution in [0, 0.1) is 5.41 Å². The molecule has 2 aliphatic rings. The van der Waals surface area contributed by atoms with Crippen LogP contribution in [-0.2, 0) is 9.47 Å². The van der Waals surface area contributed by atoms with Gasteiger partial charge in [-0.05, 0) is 57.7 Å². The Morgan fingerprint density at radius 3 is 2.47 bits per heavy atom. The zero-order valence-electron chi connectivity index (χ0n) is 20.5. The second kappa shape index (κ2) is 9.65. The fourth-order valence-corrected chi connectivity index (χ4v) is 4.68. The van der Waals surface area contributed by atoms with Crippen LogP contribution in [0.5, 0.6) is 0 Å². The summed E-state index contributed by atoms with van der Waals surface area (Å²) in [5.74, 6) is 0.516. The molecule has 2 fully saturated rings. The van der Waals surface area contributed by atoms with E-state index >= 15 is 0 Å². The summed E-state index contributed by atoms with van der Waals surface area (Å²) in [6.07, 6.45) is 3.90. The van der Waals surface area contributed by atoms with Gasteiger partial charge < -0.3 is 19.7 Å². The molecule has 2 atom stereocenters. The van der Waals surface area contributed by atoms with Gasteiger partial charge in [-0.15, -0.1) is 0 Å². The normalized spacial score (nSPS) is 20.6. The van der Waals surface area contributed by atoms with E-state index in [9.17, 15) is 9.59 Å². The van der Waals surface area contributed by atoms with Crippen LogP contribution in [0.15, 0.2) is 48.5 Å². The first-order valence-electron chi connectivity index (χ1n) is 12.0. The lowest BCUT2D eigenvalue weighted by molar-refractivity contribution is 0.00380. The number of pyridine rings is 1. The van der Waals surface area contributed by atoms with Crippen LogP contribution < -0.4 is 5.32 Å². The zero-order chi connectivity index (χ0) is 24.3. The van der Waals surface area contributed by atoms with Gasteiger partial charge in [-0.25, -0.2) is 14.6 Å². The van der Waals surface area contributed by atoms with Gasteiger partial charge in [-0.3, -0.25) is 0 Å². The van der Waals surface area contributed by atoms with Crippen LogP contribution in [-0.4, -0.2) is 53.8 Å². The fourth-order valence-electron chi connectivity index (χ4n) is 4.68. The van der Waals surface area contributed by atoms with Crippen LogP contribution in [0.1, 0.15) is 68.4 Å². The maximum absolute atomic E-state index is 13.3. The number of nitrogens with one attached hydrogen (secondary N) is 1. The number of anilines is 1. The molecule has 7 nitrogen and oxygen atoms in total. The minimum atomic E-state index is -0.546. The topological polar surface area (TPSA) is 80.8 Å². The molecule has 0 radical (unpaired) electrons. The average molecular weight is 466 g/mol. The van der Waals surface area contributed by atoms with Gasteiger partial charge in [0.1, 0.15) is 11.4 Å². The number of nitrogens with zero attached hydrogens (tertiary/aromatic N) is 2. The summed E-state index contributed by atoms with van der Waals surface area (Å²) in [4.78, 5) is 31.4. The third-order valence-corrected chi connectivity index (χ3v) is 6.72. The molecule has 1 amide bonds. The second-order valence-corrected chi connectivity index (χ2v) is 10.5. The highest BCUT2D eigenvalue weighted by molar-refractivity contribution is 5.87. The Bertz CT molecular complexity index is 1010. The van der Waals surface area contributed by atoms with Crippen molar-refractivity contribution in [3.8, 4) is 0 Å². The molecule has 1 aromatic carbocycles. The van der Waals surface area contributed by atoms with E-state index in [1.165, 1.54) is 12.7 Å². The van der Waals surface area contributed by atoms with E-state index < -0.39 is 11.6 Å². The number of aromatic nitrogens is 1. The van der Waals surface area contributed by atoms with Crippen molar-refractivity contribution in [2.75, 3.05) is 25.5 Å². The van der Waals surface area contributed by atoms with E-state index in [0.717, 1.165) is 25.7 Å². The molecule has 1 N–H and O–H groups in total. The predicted octanol–water partition coefficient (Wildman–Crippen LogP) is 5.24.